The highest BCUT2D eigenvalue weighted by Crippen LogP contribution is 2.23. The largest absolute Gasteiger partial charge is 0.396 e. The molecular weight excluding hydrogens is 267 g/mol. The van der Waals surface area contributed by atoms with Crippen molar-refractivity contribution in [1.29, 1.82) is 0 Å². The highest BCUT2D eigenvalue weighted by Gasteiger charge is 2.23. The molecule has 1 aromatic rings. The third kappa shape index (κ3) is 3.76. The van der Waals surface area contributed by atoms with Crippen molar-refractivity contribution in [2.75, 3.05) is 16.8 Å². The Morgan fingerprint density at radius 3 is 2.74 bits per heavy atom. The predicted octanol–water partition coefficient (Wildman–Crippen LogP) is 2.04. The molecule has 0 spiro atoms. The molecular formula is C13H17FN2O2S. The minimum Gasteiger partial charge on any atom is -0.396 e. The number of hydrogen-bond acceptors (Lipinski definition) is 3. The number of nitrogens with two attached hydrogens (primary N) is 1. The van der Waals surface area contributed by atoms with E-state index in [1.807, 2.05) is 0 Å². The van der Waals surface area contributed by atoms with Gasteiger partial charge >= 0.3 is 0 Å². The number of carbonyl (C=O) groups excluding carboxylic acids is 1. The van der Waals surface area contributed by atoms with Crippen LogP contribution in [0, 0.1) is 5.82 Å². The van der Waals surface area contributed by atoms with Crippen molar-refractivity contribution < 1.29 is 13.4 Å². The number of hydrogen-bond donors (Lipinski definition) is 2. The highest BCUT2D eigenvalue weighted by molar-refractivity contribution is 7.86. The monoisotopic (exact) mass is 284 g/mol. The summed E-state index contributed by atoms with van der Waals surface area (Å²) in [5.74, 6) is -0.856. The Hall–Kier alpha value is -1.43. The quantitative estimate of drug-likeness (QED) is 0.831. The van der Waals surface area contributed by atoms with Crippen LogP contribution in [-0.2, 0) is 15.6 Å². The van der Waals surface area contributed by atoms with Gasteiger partial charge in [-0.2, -0.15) is 0 Å². The lowest BCUT2D eigenvalue weighted by molar-refractivity contribution is -0.113. The standard InChI is InChI=1S/C13H17FN2O2S/c14-11-6-5-9(7-12(11)15)16-13(17)8-19(18)10-3-1-2-4-10/h5-7,10H,1-4,8,15H2,(H,16,17). The molecule has 1 aliphatic carbocycles. The van der Waals surface area contributed by atoms with Gasteiger partial charge in [0.05, 0.1) is 5.69 Å². The average molecular weight is 284 g/mol. The van der Waals surface area contributed by atoms with Crippen LogP contribution in [0.3, 0.4) is 0 Å². The third-order valence-corrected chi connectivity index (χ3v) is 4.99. The van der Waals surface area contributed by atoms with Crippen LogP contribution in [0.2, 0.25) is 0 Å². The molecule has 104 valence electrons. The molecule has 0 aliphatic heterocycles. The molecule has 0 saturated heterocycles. The Labute approximate surface area is 114 Å². The molecule has 0 aromatic heterocycles. The van der Waals surface area contributed by atoms with Crippen molar-refractivity contribution in [2.45, 2.75) is 30.9 Å². The Balaban J connectivity index is 1.89. The fourth-order valence-electron chi connectivity index (χ4n) is 2.22. The number of nitrogen functional groups attached to an aromatic ring is 1. The summed E-state index contributed by atoms with van der Waals surface area (Å²) in [6, 6.07) is 3.98. The van der Waals surface area contributed by atoms with E-state index in [0.717, 1.165) is 25.7 Å². The number of rotatable bonds is 4. The van der Waals surface area contributed by atoms with E-state index in [-0.39, 0.29) is 22.6 Å². The topological polar surface area (TPSA) is 72.2 Å². The van der Waals surface area contributed by atoms with Gasteiger partial charge in [-0.25, -0.2) is 4.39 Å². The van der Waals surface area contributed by atoms with E-state index in [0.29, 0.717) is 5.69 Å². The summed E-state index contributed by atoms with van der Waals surface area (Å²) >= 11 is 0. The molecule has 1 atom stereocenters. The van der Waals surface area contributed by atoms with Gasteiger partial charge in [0.1, 0.15) is 11.6 Å². The van der Waals surface area contributed by atoms with Crippen LogP contribution in [-0.4, -0.2) is 21.1 Å². The number of anilines is 2. The molecule has 1 amide bonds. The Bertz CT molecular complexity index is 501. The molecule has 1 fully saturated rings. The van der Waals surface area contributed by atoms with Crippen LogP contribution in [0.5, 0.6) is 0 Å². The van der Waals surface area contributed by atoms with E-state index in [9.17, 15) is 13.4 Å². The predicted molar refractivity (Wildman–Crippen MR) is 74.7 cm³/mol. The molecule has 0 heterocycles. The maximum absolute atomic E-state index is 13.0. The molecule has 0 bridgehead atoms. The SMILES string of the molecule is Nc1cc(NC(=O)CS(=O)C2CCCC2)ccc1F. The summed E-state index contributed by atoms with van der Waals surface area (Å²) in [4.78, 5) is 11.7. The van der Waals surface area contributed by atoms with Gasteiger partial charge < -0.3 is 11.1 Å². The van der Waals surface area contributed by atoms with Crippen LogP contribution in [0.4, 0.5) is 15.8 Å². The minimum atomic E-state index is -1.13. The first-order valence-electron chi connectivity index (χ1n) is 6.28. The number of amides is 1. The van der Waals surface area contributed by atoms with E-state index in [2.05, 4.69) is 5.32 Å². The van der Waals surface area contributed by atoms with Crippen LogP contribution in [0.25, 0.3) is 0 Å². The van der Waals surface area contributed by atoms with Crippen LogP contribution < -0.4 is 11.1 Å². The van der Waals surface area contributed by atoms with E-state index in [1.54, 1.807) is 0 Å². The zero-order valence-electron chi connectivity index (χ0n) is 10.5. The highest BCUT2D eigenvalue weighted by atomic mass is 32.2. The van der Waals surface area contributed by atoms with Crippen molar-refractivity contribution >= 4 is 28.1 Å². The molecule has 1 aromatic carbocycles. The first-order chi connectivity index (χ1) is 9.06. The summed E-state index contributed by atoms with van der Waals surface area (Å²) in [6.07, 6.45) is 4.05. The minimum absolute atomic E-state index is 0.0120. The first kappa shape index (κ1) is 14.0. The van der Waals surface area contributed by atoms with Crippen LogP contribution >= 0.6 is 0 Å². The van der Waals surface area contributed by atoms with Crippen LogP contribution in [0.15, 0.2) is 18.2 Å². The molecule has 1 saturated carbocycles. The average Bonchev–Trinajstić information content (AvgIpc) is 2.87. The van der Waals surface area contributed by atoms with Crippen molar-refractivity contribution in [3.05, 3.63) is 24.0 Å². The Kier molecular flexibility index (Phi) is 4.52. The fourth-order valence-corrected chi connectivity index (χ4v) is 3.64. The Morgan fingerprint density at radius 2 is 2.11 bits per heavy atom. The first-order valence-corrected chi connectivity index (χ1v) is 7.66. The smallest absolute Gasteiger partial charge is 0.237 e. The van der Waals surface area contributed by atoms with E-state index in [4.69, 9.17) is 5.73 Å². The van der Waals surface area contributed by atoms with Crippen LogP contribution in [0.1, 0.15) is 25.7 Å². The van der Waals surface area contributed by atoms with Gasteiger partial charge in [-0.3, -0.25) is 9.00 Å². The molecule has 1 aliphatic rings. The number of halogens is 1. The van der Waals surface area contributed by atoms with E-state index < -0.39 is 16.6 Å². The molecule has 2 rings (SSSR count). The fraction of sp³-hybridized carbons (Fsp3) is 0.462. The van der Waals surface area contributed by atoms with Crippen molar-refractivity contribution in [2.24, 2.45) is 0 Å². The van der Waals surface area contributed by atoms with Gasteiger partial charge in [-0.15, -0.1) is 0 Å². The van der Waals surface area contributed by atoms with Gasteiger partial charge in [0, 0.05) is 21.7 Å². The van der Waals surface area contributed by atoms with Gasteiger partial charge in [-0.05, 0) is 31.0 Å². The zero-order valence-corrected chi connectivity index (χ0v) is 11.3. The second-order valence-electron chi connectivity index (χ2n) is 4.72. The second-order valence-corrected chi connectivity index (χ2v) is 6.43. The molecule has 4 nitrogen and oxygen atoms in total. The normalized spacial score (nSPS) is 17.3. The lowest BCUT2D eigenvalue weighted by Crippen LogP contribution is -2.24. The summed E-state index contributed by atoms with van der Waals surface area (Å²) < 4.78 is 24.9. The molecule has 0 radical (unpaired) electrons. The number of carbonyl (C=O) groups is 1. The summed E-state index contributed by atoms with van der Waals surface area (Å²) in [5, 5.41) is 2.73. The van der Waals surface area contributed by atoms with Gasteiger partial charge in [0.2, 0.25) is 5.91 Å². The van der Waals surface area contributed by atoms with Gasteiger partial charge in [-0.1, -0.05) is 12.8 Å². The lowest BCUT2D eigenvalue weighted by atomic mass is 10.2. The van der Waals surface area contributed by atoms with Gasteiger partial charge in [0.15, 0.2) is 0 Å². The maximum atomic E-state index is 13.0. The van der Waals surface area contributed by atoms with Crippen molar-refractivity contribution in [3.8, 4) is 0 Å². The number of nitrogens with one attached hydrogen (secondary N) is 1. The number of benzene rings is 1. The van der Waals surface area contributed by atoms with E-state index in [1.165, 1.54) is 18.2 Å². The summed E-state index contributed by atoms with van der Waals surface area (Å²) in [7, 11) is -1.13. The van der Waals surface area contributed by atoms with Crippen molar-refractivity contribution in [3.63, 3.8) is 0 Å². The Morgan fingerprint density at radius 1 is 1.42 bits per heavy atom. The van der Waals surface area contributed by atoms with E-state index >= 15 is 0 Å². The third-order valence-electron chi connectivity index (χ3n) is 3.23. The van der Waals surface area contributed by atoms with Crippen molar-refractivity contribution in [1.82, 2.24) is 0 Å². The summed E-state index contributed by atoms with van der Waals surface area (Å²) in [6.45, 7) is 0. The lowest BCUT2D eigenvalue weighted by Gasteiger charge is -2.10. The molecule has 19 heavy (non-hydrogen) atoms. The molecule has 3 N–H and O–H groups in total. The zero-order chi connectivity index (χ0) is 13.8. The van der Waals surface area contributed by atoms with Gasteiger partial charge in [0.25, 0.3) is 0 Å². The molecule has 6 heteroatoms. The second kappa shape index (κ2) is 6.14. The summed E-state index contributed by atoms with van der Waals surface area (Å²) in [5.41, 5.74) is 5.82. The molecule has 1 unspecified atom stereocenters. The maximum Gasteiger partial charge on any atom is 0.237 e.